The molecule has 2 aromatic rings. The fourth-order valence-electron chi connectivity index (χ4n) is 4.70. The van der Waals surface area contributed by atoms with Gasteiger partial charge in [0.1, 0.15) is 5.82 Å². The summed E-state index contributed by atoms with van der Waals surface area (Å²) >= 11 is 0. The van der Waals surface area contributed by atoms with Crippen LogP contribution < -0.4 is 10.2 Å². The number of anilines is 1. The molecule has 0 aliphatic carbocycles. The quantitative estimate of drug-likeness (QED) is 0.241. The summed E-state index contributed by atoms with van der Waals surface area (Å²) in [5.41, 5.74) is 2.04. The Morgan fingerprint density at radius 1 is 1.18 bits per heavy atom. The first kappa shape index (κ1) is 25.7. The standard InChI is InChI=1S/C24H36FN7.HI/c1-3-26-24(32-12-9-20(19-32)21-17-28-29(2)18-21)27-10-6-11-30-13-15-31(16-14-30)23-8-5-4-7-22(23)25;/h4-5,7-8,17-18,20H,3,6,9-16,19H2,1-2H3,(H,26,27);1H. The van der Waals surface area contributed by atoms with E-state index >= 15 is 0 Å². The number of halogens is 2. The maximum absolute atomic E-state index is 14.0. The first-order valence-corrected chi connectivity index (χ1v) is 11.9. The van der Waals surface area contributed by atoms with Crippen molar-refractivity contribution in [3.8, 4) is 0 Å². The molecule has 1 aromatic carbocycles. The molecule has 3 heterocycles. The third-order valence-corrected chi connectivity index (χ3v) is 6.48. The number of hydrogen-bond donors (Lipinski definition) is 1. The Labute approximate surface area is 214 Å². The van der Waals surface area contributed by atoms with Crippen LogP contribution in [0.2, 0.25) is 0 Å². The lowest BCUT2D eigenvalue weighted by Crippen LogP contribution is -2.47. The summed E-state index contributed by atoms with van der Waals surface area (Å²) in [5.74, 6) is 1.43. The van der Waals surface area contributed by atoms with E-state index in [1.54, 1.807) is 12.1 Å². The largest absolute Gasteiger partial charge is 0.367 e. The molecular formula is C24H37FIN7. The zero-order valence-corrected chi connectivity index (χ0v) is 22.1. The first-order chi connectivity index (χ1) is 15.6. The van der Waals surface area contributed by atoms with Crippen molar-refractivity contribution < 1.29 is 4.39 Å². The molecule has 2 fully saturated rings. The van der Waals surface area contributed by atoms with Crippen LogP contribution in [0.25, 0.3) is 0 Å². The van der Waals surface area contributed by atoms with Gasteiger partial charge < -0.3 is 15.1 Å². The molecule has 33 heavy (non-hydrogen) atoms. The molecule has 1 unspecified atom stereocenters. The average molecular weight is 570 g/mol. The highest BCUT2D eigenvalue weighted by Crippen LogP contribution is 2.26. The Balaban J connectivity index is 0.00000306. The number of aryl methyl sites for hydroxylation is 1. The molecule has 0 radical (unpaired) electrons. The monoisotopic (exact) mass is 569 g/mol. The van der Waals surface area contributed by atoms with Gasteiger partial charge >= 0.3 is 0 Å². The fourth-order valence-corrected chi connectivity index (χ4v) is 4.70. The van der Waals surface area contributed by atoms with E-state index in [0.29, 0.717) is 5.92 Å². The molecule has 1 atom stereocenters. The molecule has 7 nitrogen and oxygen atoms in total. The maximum Gasteiger partial charge on any atom is 0.193 e. The van der Waals surface area contributed by atoms with Gasteiger partial charge in [0.2, 0.25) is 0 Å². The molecule has 2 aliphatic heterocycles. The molecule has 0 saturated carbocycles. The van der Waals surface area contributed by atoms with Crippen molar-refractivity contribution in [1.29, 1.82) is 0 Å². The van der Waals surface area contributed by atoms with E-state index in [2.05, 4.69) is 38.2 Å². The van der Waals surface area contributed by atoms with Crippen LogP contribution in [-0.4, -0.2) is 84.4 Å². The third-order valence-electron chi connectivity index (χ3n) is 6.48. The number of piperazine rings is 1. The van der Waals surface area contributed by atoms with E-state index in [1.165, 1.54) is 5.56 Å². The van der Waals surface area contributed by atoms with Crippen molar-refractivity contribution in [2.45, 2.75) is 25.7 Å². The summed E-state index contributed by atoms with van der Waals surface area (Å²) in [5, 5.41) is 7.79. The molecule has 2 aliphatic rings. The minimum Gasteiger partial charge on any atom is -0.367 e. The van der Waals surface area contributed by atoms with Crippen LogP contribution in [0.5, 0.6) is 0 Å². The highest BCUT2D eigenvalue weighted by molar-refractivity contribution is 14.0. The van der Waals surface area contributed by atoms with E-state index in [4.69, 9.17) is 4.99 Å². The number of hydrogen-bond acceptors (Lipinski definition) is 4. The number of benzene rings is 1. The number of rotatable bonds is 7. The molecule has 1 aromatic heterocycles. The molecule has 0 amide bonds. The normalized spacial score (nSPS) is 19.6. The Bertz CT molecular complexity index is 894. The molecule has 0 bridgehead atoms. The van der Waals surface area contributed by atoms with Gasteiger partial charge in [-0.3, -0.25) is 14.6 Å². The lowest BCUT2D eigenvalue weighted by molar-refractivity contribution is 0.255. The van der Waals surface area contributed by atoms with Crippen LogP contribution in [0.15, 0.2) is 41.7 Å². The van der Waals surface area contributed by atoms with Gasteiger partial charge in [0.05, 0.1) is 11.9 Å². The second kappa shape index (κ2) is 12.5. The van der Waals surface area contributed by atoms with Gasteiger partial charge in [0.15, 0.2) is 5.96 Å². The van der Waals surface area contributed by atoms with Crippen LogP contribution in [0.1, 0.15) is 31.2 Å². The van der Waals surface area contributed by atoms with Gasteiger partial charge in [-0.15, -0.1) is 24.0 Å². The van der Waals surface area contributed by atoms with Gasteiger partial charge in [-0.2, -0.15) is 5.10 Å². The predicted molar refractivity (Wildman–Crippen MR) is 143 cm³/mol. The van der Waals surface area contributed by atoms with Crippen molar-refractivity contribution in [2.75, 3.05) is 63.8 Å². The predicted octanol–water partition coefficient (Wildman–Crippen LogP) is 3.14. The van der Waals surface area contributed by atoms with Gasteiger partial charge in [-0.1, -0.05) is 12.1 Å². The van der Waals surface area contributed by atoms with Crippen molar-refractivity contribution in [2.24, 2.45) is 12.0 Å². The van der Waals surface area contributed by atoms with E-state index in [-0.39, 0.29) is 29.8 Å². The van der Waals surface area contributed by atoms with E-state index in [1.807, 2.05) is 30.1 Å². The molecule has 182 valence electrons. The summed E-state index contributed by atoms with van der Waals surface area (Å²) in [4.78, 5) is 11.9. The molecule has 4 rings (SSSR count). The zero-order chi connectivity index (χ0) is 22.3. The topological polar surface area (TPSA) is 51.9 Å². The van der Waals surface area contributed by atoms with Gasteiger partial charge in [-0.05, 0) is 37.5 Å². The summed E-state index contributed by atoms with van der Waals surface area (Å²) in [6.45, 7) is 10.6. The lowest BCUT2D eigenvalue weighted by Gasteiger charge is -2.36. The fraction of sp³-hybridized carbons (Fsp3) is 0.583. The van der Waals surface area contributed by atoms with E-state index < -0.39 is 0 Å². The number of aromatic nitrogens is 2. The molecule has 1 N–H and O–H groups in total. The number of nitrogens with zero attached hydrogens (tertiary/aromatic N) is 6. The van der Waals surface area contributed by atoms with Crippen LogP contribution in [0, 0.1) is 5.82 Å². The first-order valence-electron chi connectivity index (χ1n) is 11.9. The molecule has 0 spiro atoms. The third kappa shape index (κ3) is 6.81. The molecule has 2 saturated heterocycles. The highest BCUT2D eigenvalue weighted by atomic mass is 127. The van der Waals surface area contributed by atoms with Crippen molar-refractivity contribution >= 4 is 35.6 Å². The molecular weight excluding hydrogens is 532 g/mol. The average Bonchev–Trinajstić information content (AvgIpc) is 3.46. The Kier molecular flexibility index (Phi) is 9.78. The van der Waals surface area contributed by atoms with Gasteiger partial charge in [0.25, 0.3) is 0 Å². The van der Waals surface area contributed by atoms with Crippen LogP contribution >= 0.6 is 24.0 Å². The van der Waals surface area contributed by atoms with Crippen LogP contribution in [0.3, 0.4) is 0 Å². The number of guanidine groups is 1. The summed E-state index contributed by atoms with van der Waals surface area (Å²) in [7, 11) is 1.97. The Hall–Kier alpha value is -1.88. The smallest absolute Gasteiger partial charge is 0.193 e. The minimum atomic E-state index is -0.126. The number of likely N-dealkylation sites (tertiary alicyclic amines) is 1. The van der Waals surface area contributed by atoms with E-state index in [9.17, 15) is 4.39 Å². The highest BCUT2D eigenvalue weighted by Gasteiger charge is 2.27. The van der Waals surface area contributed by atoms with Crippen molar-refractivity contribution in [1.82, 2.24) is 24.9 Å². The van der Waals surface area contributed by atoms with Gasteiger partial charge in [-0.25, -0.2) is 4.39 Å². The number of para-hydroxylation sites is 1. The SMILES string of the molecule is CCNC(=NCCCN1CCN(c2ccccc2F)CC1)N1CCC(c2cnn(C)c2)C1.I. The summed E-state index contributed by atoms with van der Waals surface area (Å²) < 4.78 is 15.9. The second-order valence-corrected chi connectivity index (χ2v) is 8.75. The van der Waals surface area contributed by atoms with Crippen LogP contribution in [-0.2, 0) is 7.05 Å². The van der Waals surface area contributed by atoms with E-state index in [0.717, 1.165) is 83.4 Å². The van der Waals surface area contributed by atoms with Crippen molar-refractivity contribution in [3.05, 3.63) is 48.0 Å². The van der Waals surface area contributed by atoms with Gasteiger partial charge in [0, 0.05) is 78.1 Å². The maximum atomic E-state index is 14.0. The summed E-state index contributed by atoms with van der Waals surface area (Å²) in [6, 6.07) is 7.07. The Morgan fingerprint density at radius 2 is 1.97 bits per heavy atom. The second-order valence-electron chi connectivity index (χ2n) is 8.75. The summed E-state index contributed by atoms with van der Waals surface area (Å²) in [6.07, 6.45) is 6.30. The Morgan fingerprint density at radius 3 is 2.67 bits per heavy atom. The van der Waals surface area contributed by atoms with Crippen LogP contribution in [0.4, 0.5) is 10.1 Å². The minimum absolute atomic E-state index is 0. The molecule has 9 heteroatoms. The lowest BCUT2D eigenvalue weighted by atomic mass is 10.0. The van der Waals surface area contributed by atoms with Crippen molar-refractivity contribution in [3.63, 3.8) is 0 Å². The zero-order valence-electron chi connectivity index (χ0n) is 19.8. The number of nitrogens with one attached hydrogen (secondary N) is 1. The number of aliphatic imine (C=N–C) groups is 1.